The lowest BCUT2D eigenvalue weighted by Crippen LogP contribution is -2.31. The minimum absolute atomic E-state index is 0.0239. The van der Waals surface area contributed by atoms with Crippen molar-refractivity contribution >= 4 is 5.91 Å². The SMILES string of the molecule is C[C@H](NC(=O)C(F)F)c1ccc(Oc2cccnc2)c(F)c1. The molecule has 0 saturated carbocycles. The summed E-state index contributed by atoms with van der Waals surface area (Å²) in [5, 5.41) is 2.09. The standard InChI is InChI=1S/C15H13F3N2O2/c1-9(20-15(21)14(17)18)10-4-5-13(12(16)7-10)22-11-3-2-6-19-8-11/h2-9,14H,1H3,(H,20,21)/t9-/m0/s1. The van der Waals surface area contributed by atoms with Gasteiger partial charge in [-0.15, -0.1) is 0 Å². The first-order valence-electron chi connectivity index (χ1n) is 6.43. The average Bonchev–Trinajstić information content (AvgIpc) is 2.50. The molecule has 0 aliphatic rings. The molecule has 0 bridgehead atoms. The maximum atomic E-state index is 14.0. The van der Waals surface area contributed by atoms with E-state index in [1.54, 1.807) is 18.3 Å². The number of ether oxygens (including phenoxy) is 1. The number of pyridine rings is 1. The number of carbonyl (C=O) groups excluding carboxylic acids is 1. The van der Waals surface area contributed by atoms with Gasteiger partial charge in [-0.2, -0.15) is 8.78 Å². The molecule has 1 atom stereocenters. The molecular formula is C15H13F3N2O2. The summed E-state index contributed by atoms with van der Waals surface area (Å²) in [7, 11) is 0. The highest BCUT2D eigenvalue weighted by Gasteiger charge is 2.19. The van der Waals surface area contributed by atoms with Gasteiger partial charge in [-0.3, -0.25) is 9.78 Å². The van der Waals surface area contributed by atoms with Crippen molar-refractivity contribution in [3.63, 3.8) is 0 Å². The van der Waals surface area contributed by atoms with Gasteiger partial charge in [0.1, 0.15) is 5.75 Å². The van der Waals surface area contributed by atoms with Gasteiger partial charge in [0.25, 0.3) is 5.91 Å². The minimum Gasteiger partial charge on any atom is -0.453 e. The number of amides is 1. The lowest BCUT2D eigenvalue weighted by atomic mass is 10.1. The fraction of sp³-hybridized carbons (Fsp3) is 0.200. The Bertz CT molecular complexity index is 650. The fourth-order valence-corrected chi connectivity index (χ4v) is 1.76. The highest BCUT2D eigenvalue weighted by molar-refractivity contribution is 5.79. The van der Waals surface area contributed by atoms with E-state index in [9.17, 15) is 18.0 Å². The van der Waals surface area contributed by atoms with E-state index in [0.717, 1.165) is 6.07 Å². The largest absolute Gasteiger partial charge is 0.453 e. The van der Waals surface area contributed by atoms with Crippen LogP contribution < -0.4 is 10.1 Å². The molecule has 2 rings (SSSR count). The van der Waals surface area contributed by atoms with Crippen molar-refractivity contribution in [3.8, 4) is 11.5 Å². The smallest absolute Gasteiger partial charge is 0.315 e. The Morgan fingerprint density at radius 2 is 2.09 bits per heavy atom. The van der Waals surface area contributed by atoms with Crippen LogP contribution in [-0.2, 0) is 4.79 Å². The number of carbonyl (C=O) groups is 1. The highest BCUT2D eigenvalue weighted by Crippen LogP contribution is 2.26. The Hall–Kier alpha value is -2.57. The van der Waals surface area contributed by atoms with Crippen molar-refractivity contribution in [3.05, 3.63) is 54.1 Å². The quantitative estimate of drug-likeness (QED) is 0.920. The van der Waals surface area contributed by atoms with Gasteiger partial charge >= 0.3 is 6.43 Å². The molecule has 1 heterocycles. The van der Waals surface area contributed by atoms with Gasteiger partial charge in [0.15, 0.2) is 11.6 Å². The molecule has 0 radical (unpaired) electrons. The molecule has 7 heteroatoms. The van der Waals surface area contributed by atoms with Crippen LogP contribution in [0.5, 0.6) is 11.5 Å². The molecule has 0 aliphatic heterocycles. The summed E-state index contributed by atoms with van der Waals surface area (Å²) >= 11 is 0. The van der Waals surface area contributed by atoms with Gasteiger partial charge in [0, 0.05) is 6.20 Å². The van der Waals surface area contributed by atoms with Crippen molar-refractivity contribution in [1.82, 2.24) is 10.3 Å². The van der Waals surface area contributed by atoms with Crippen LogP contribution in [0.15, 0.2) is 42.7 Å². The van der Waals surface area contributed by atoms with Crippen LogP contribution in [0.4, 0.5) is 13.2 Å². The molecule has 0 saturated heterocycles. The Balaban J connectivity index is 2.10. The summed E-state index contributed by atoms with van der Waals surface area (Å²) in [6, 6.07) is 6.49. The van der Waals surface area contributed by atoms with Crippen LogP contribution in [0.3, 0.4) is 0 Å². The zero-order valence-electron chi connectivity index (χ0n) is 11.6. The number of benzene rings is 1. The highest BCUT2D eigenvalue weighted by atomic mass is 19.3. The maximum Gasteiger partial charge on any atom is 0.315 e. The molecule has 1 amide bonds. The van der Waals surface area contributed by atoms with Gasteiger partial charge in [-0.1, -0.05) is 6.07 Å². The van der Waals surface area contributed by atoms with Gasteiger partial charge in [-0.25, -0.2) is 4.39 Å². The molecule has 22 heavy (non-hydrogen) atoms. The third-order valence-corrected chi connectivity index (χ3v) is 2.88. The van der Waals surface area contributed by atoms with Gasteiger partial charge < -0.3 is 10.1 Å². The third-order valence-electron chi connectivity index (χ3n) is 2.88. The molecule has 1 N–H and O–H groups in total. The molecule has 2 aromatic rings. The third kappa shape index (κ3) is 3.97. The zero-order valence-corrected chi connectivity index (χ0v) is 11.6. The number of rotatable bonds is 5. The van der Waals surface area contributed by atoms with Crippen LogP contribution in [-0.4, -0.2) is 17.3 Å². The number of aromatic nitrogens is 1. The summed E-state index contributed by atoms with van der Waals surface area (Å²) in [5.74, 6) is -1.72. The van der Waals surface area contributed by atoms with Crippen molar-refractivity contribution < 1.29 is 22.7 Å². The predicted octanol–water partition coefficient (Wildman–Crippen LogP) is 3.46. The van der Waals surface area contributed by atoms with E-state index in [1.807, 2.05) is 0 Å². The first-order chi connectivity index (χ1) is 10.5. The first-order valence-corrected chi connectivity index (χ1v) is 6.43. The van der Waals surface area contributed by atoms with Gasteiger partial charge in [0.2, 0.25) is 0 Å². The predicted molar refractivity (Wildman–Crippen MR) is 73.3 cm³/mol. The summed E-state index contributed by atoms with van der Waals surface area (Å²) < 4.78 is 43.7. The van der Waals surface area contributed by atoms with Crippen LogP contribution in [0.25, 0.3) is 0 Å². The number of alkyl halides is 2. The Morgan fingerprint density at radius 1 is 1.32 bits per heavy atom. The number of halogens is 3. The van der Waals surface area contributed by atoms with E-state index >= 15 is 0 Å². The number of hydrogen-bond acceptors (Lipinski definition) is 3. The van der Waals surface area contributed by atoms with E-state index in [0.29, 0.717) is 11.3 Å². The number of hydrogen-bond donors (Lipinski definition) is 1. The van der Waals surface area contributed by atoms with E-state index in [4.69, 9.17) is 4.74 Å². The van der Waals surface area contributed by atoms with E-state index in [-0.39, 0.29) is 5.75 Å². The second kappa shape index (κ2) is 6.93. The number of nitrogens with one attached hydrogen (secondary N) is 1. The summed E-state index contributed by atoms with van der Waals surface area (Å²) in [6.07, 6.45) is -0.126. The average molecular weight is 310 g/mol. The monoisotopic (exact) mass is 310 g/mol. The van der Waals surface area contributed by atoms with Crippen LogP contribution in [0, 0.1) is 5.82 Å². The van der Waals surface area contributed by atoms with Gasteiger partial charge in [-0.05, 0) is 36.8 Å². The lowest BCUT2D eigenvalue weighted by molar-refractivity contribution is -0.132. The second-order valence-electron chi connectivity index (χ2n) is 4.51. The topological polar surface area (TPSA) is 51.2 Å². The molecule has 0 spiro atoms. The molecular weight excluding hydrogens is 297 g/mol. The van der Waals surface area contributed by atoms with Crippen molar-refractivity contribution in [1.29, 1.82) is 0 Å². The Morgan fingerprint density at radius 3 is 2.68 bits per heavy atom. The fourth-order valence-electron chi connectivity index (χ4n) is 1.76. The maximum absolute atomic E-state index is 14.0. The number of nitrogens with zero attached hydrogens (tertiary/aromatic N) is 1. The molecule has 1 aromatic heterocycles. The summed E-state index contributed by atoms with van der Waals surface area (Å²) in [5.41, 5.74) is 0.352. The molecule has 1 aromatic carbocycles. The van der Waals surface area contributed by atoms with E-state index < -0.39 is 24.2 Å². The molecule has 4 nitrogen and oxygen atoms in total. The zero-order chi connectivity index (χ0) is 16.1. The van der Waals surface area contributed by atoms with E-state index in [1.165, 1.54) is 25.3 Å². The molecule has 0 unspecified atom stereocenters. The Labute approximate surface area is 124 Å². The Kier molecular flexibility index (Phi) is 4.98. The summed E-state index contributed by atoms with van der Waals surface area (Å²) in [6.45, 7) is 1.48. The van der Waals surface area contributed by atoms with Crippen LogP contribution in [0.2, 0.25) is 0 Å². The lowest BCUT2D eigenvalue weighted by Gasteiger charge is -2.15. The van der Waals surface area contributed by atoms with Gasteiger partial charge in [0.05, 0.1) is 12.2 Å². The van der Waals surface area contributed by atoms with E-state index in [2.05, 4.69) is 10.3 Å². The first kappa shape index (κ1) is 15.8. The molecule has 116 valence electrons. The van der Waals surface area contributed by atoms with Crippen molar-refractivity contribution in [2.45, 2.75) is 19.4 Å². The summed E-state index contributed by atoms with van der Waals surface area (Å²) in [4.78, 5) is 14.8. The van der Waals surface area contributed by atoms with Crippen molar-refractivity contribution in [2.75, 3.05) is 0 Å². The second-order valence-corrected chi connectivity index (χ2v) is 4.51. The van der Waals surface area contributed by atoms with Crippen LogP contribution >= 0.6 is 0 Å². The molecule has 0 fully saturated rings. The minimum atomic E-state index is -3.11. The normalized spacial score (nSPS) is 12.0. The molecule has 0 aliphatic carbocycles. The van der Waals surface area contributed by atoms with Crippen molar-refractivity contribution in [2.24, 2.45) is 0 Å². The van der Waals surface area contributed by atoms with Crippen LogP contribution in [0.1, 0.15) is 18.5 Å².